The lowest BCUT2D eigenvalue weighted by Crippen LogP contribution is -2.36. The molecule has 1 aliphatic heterocycles. The number of H-pyrrole nitrogens is 1. The molecule has 2 fully saturated rings. The molecule has 1 saturated heterocycles. The number of ether oxygens (including phenoxy) is 2. The van der Waals surface area contributed by atoms with E-state index in [1.165, 1.54) is 12.1 Å². The fourth-order valence-corrected chi connectivity index (χ4v) is 3.80. The van der Waals surface area contributed by atoms with Crippen molar-refractivity contribution in [1.29, 1.82) is 0 Å². The summed E-state index contributed by atoms with van der Waals surface area (Å²) in [6.07, 6.45) is 1.60. The van der Waals surface area contributed by atoms with Crippen LogP contribution in [0.1, 0.15) is 42.9 Å². The number of hydrogen-bond donors (Lipinski definition) is 3. The molecule has 1 atom stereocenters. The lowest BCUT2D eigenvalue weighted by Gasteiger charge is -2.33. The summed E-state index contributed by atoms with van der Waals surface area (Å²) in [6, 6.07) is 6.13. The molecule has 8 nitrogen and oxygen atoms in total. The average molecular weight is 437 g/mol. The van der Waals surface area contributed by atoms with Gasteiger partial charge in [-0.15, -0.1) is 0 Å². The van der Waals surface area contributed by atoms with Crippen LogP contribution < -0.4 is 10.6 Å². The average Bonchev–Trinajstić information content (AvgIpc) is 3.36. The third kappa shape index (κ3) is 4.73. The van der Waals surface area contributed by atoms with Crippen LogP contribution in [0, 0.1) is 5.82 Å². The molecule has 10 heteroatoms. The minimum atomic E-state index is -0.619. The first kappa shape index (κ1) is 20.6. The second kappa shape index (κ2) is 9.01. The zero-order valence-corrected chi connectivity index (χ0v) is 16.9. The van der Waals surface area contributed by atoms with Gasteiger partial charge in [0.2, 0.25) is 0 Å². The fraction of sp³-hybridized carbons (Fsp3) is 0.450. The molecule has 1 saturated carbocycles. The van der Waals surface area contributed by atoms with E-state index in [1.807, 2.05) is 0 Å². The fourth-order valence-electron chi connectivity index (χ4n) is 3.57. The number of rotatable bonds is 6. The monoisotopic (exact) mass is 436 g/mol. The molecule has 2 aliphatic rings. The zero-order chi connectivity index (χ0) is 21.1. The van der Waals surface area contributed by atoms with Crippen molar-refractivity contribution in [3.05, 3.63) is 46.4 Å². The van der Waals surface area contributed by atoms with Crippen LogP contribution in [0.25, 0.3) is 0 Å². The highest BCUT2D eigenvalue weighted by Gasteiger charge is 2.35. The van der Waals surface area contributed by atoms with Crippen molar-refractivity contribution in [3.63, 3.8) is 0 Å². The number of carbonyl (C=O) groups is 2. The highest BCUT2D eigenvalue weighted by molar-refractivity contribution is 6.31. The molecule has 160 valence electrons. The molecular weight excluding hydrogens is 415 g/mol. The Morgan fingerprint density at radius 2 is 2.20 bits per heavy atom. The summed E-state index contributed by atoms with van der Waals surface area (Å²) in [7, 11) is 0. The predicted molar refractivity (Wildman–Crippen MR) is 107 cm³/mol. The van der Waals surface area contributed by atoms with E-state index >= 15 is 0 Å². The summed E-state index contributed by atoms with van der Waals surface area (Å²) in [5, 5.41) is 12.6. The van der Waals surface area contributed by atoms with Crippen molar-refractivity contribution in [3.8, 4) is 0 Å². The zero-order valence-electron chi connectivity index (χ0n) is 16.1. The summed E-state index contributed by atoms with van der Waals surface area (Å²) in [4.78, 5) is 24.0. The van der Waals surface area contributed by atoms with Gasteiger partial charge in [-0.2, -0.15) is 5.10 Å². The molecule has 4 rings (SSSR count). The lowest BCUT2D eigenvalue weighted by molar-refractivity contribution is -0.124. The van der Waals surface area contributed by atoms with Crippen LogP contribution in [0.4, 0.5) is 15.0 Å². The van der Waals surface area contributed by atoms with Crippen molar-refractivity contribution in [1.82, 2.24) is 15.5 Å². The first-order valence-electron chi connectivity index (χ1n) is 9.84. The number of benzene rings is 1. The lowest BCUT2D eigenvalue weighted by atomic mass is 9.80. The Labute approximate surface area is 177 Å². The number of nitrogens with one attached hydrogen (secondary N) is 3. The highest BCUT2D eigenvalue weighted by Crippen LogP contribution is 2.38. The number of aromatic nitrogens is 2. The number of anilines is 1. The molecule has 1 aliphatic carbocycles. The van der Waals surface area contributed by atoms with Crippen molar-refractivity contribution >= 4 is 29.4 Å². The molecule has 0 spiro atoms. The van der Waals surface area contributed by atoms with E-state index in [0.717, 1.165) is 18.5 Å². The molecule has 3 N–H and O–H groups in total. The van der Waals surface area contributed by atoms with Gasteiger partial charge in [-0.25, -0.2) is 9.18 Å². The Morgan fingerprint density at radius 3 is 2.93 bits per heavy atom. The molecule has 1 aromatic heterocycles. The van der Waals surface area contributed by atoms with Crippen molar-refractivity contribution < 1.29 is 23.5 Å². The van der Waals surface area contributed by atoms with Gasteiger partial charge in [-0.3, -0.25) is 9.89 Å². The third-order valence-corrected chi connectivity index (χ3v) is 5.70. The number of amides is 2. The smallest absolute Gasteiger partial charge is 0.407 e. The number of hydrogen-bond acceptors (Lipinski definition) is 5. The standard InChI is InChI=1S/C20H22ClFN4O4/c21-14-3-1-4-15(22)13(14)10-23-20(28)30-12-7-11(8-12)16-9-18(26-25-16)24-19(27)17-5-2-6-29-17/h1,3-4,9,11-12,17H,2,5-8,10H2,(H,23,28)(H2,24,25,26,27)/t11?,12?,17-/m1/s1. The van der Waals surface area contributed by atoms with E-state index in [9.17, 15) is 14.0 Å². The summed E-state index contributed by atoms with van der Waals surface area (Å²) in [5.74, 6) is -0.0563. The van der Waals surface area contributed by atoms with E-state index in [1.54, 1.807) is 12.1 Å². The number of carbonyl (C=O) groups excluding carboxylic acids is 2. The minimum Gasteiger partial charge on any atom is -0.446 e. The number of aromatic amines is 1. The van der Waals surface area contributed by atoms with Crippen LogP contribution in [0.5, 0.6) is 0 Å². The van der Waals surface area contributed by atoms with Gasteiger partial charge in [0.05, 0.1) is 6.54 Å². The quantitative estimate of drug-likeness (QED) is 0.642. The molecule has 2 heterocycles. The van der Waals surface area contributed by atoms with Crippen LogP contribution in [-0.4, -0.2) is 41.0 Å². The van der Waals surface area contributed by atoms with Crippen LogP contribution in [0.3, 0.4) is 0 Å². The third-order valence-electron chi connectivity index (χ3n) is 5.35. The van der Waals surface area contributed by atoms with Gasteiger partial charge < -0.3 is 20.1 Å². The summed E-state index contributed by atoms with van der Waals surface area (Å²) < 4.78 is 24.4. The maximum atomic E-state index is 13.7. The highest BCUT2D eigenvalue weighted by atomic mass is 35.5. The number of halogens is 2. The van der Waals surface area contributed by atoms with Crippen LogP contribution in [-0.2, 0) is 20.8 Å². The van der Waals surface area contributed by atoms with Crippen molar-refractivity contribution in [2.45, 2.75) is 50.4 Å². The Morgan fingerprint density at radius 1 is 1.37 bits per heavy atom. The van der Waals surface area contributed by atoms with Gasteiger partial charge in [0.1, 0.15) is 18.0 Å². The van der Waals surface area contributed by atoms with Gasteiger partial charge in [0.25, 0.3) is 5.91 Å². The van der Waals surface area contributed by atoms with Gasteiger partial charge in [-0.05, 0) is 37.8 Å². The normalized spacial score (nSPS) is 22.9. The second-order valence-electron chi connectivity index (χ2n) is 7.45. The first-order chi connectivity index (χ1) is 14.5. The molecule has 0 bridgehead atoms. The maximum absolute atomic E-state index is 13.7. The topological polar surface area (TPSA) is 105 Å². The number of nitrogens with zero attached hydrogens (tertiary/aromatic N) is 1. The first-order valence-corrected chi connectivity index (χ1v) is 10.2. The molecular formula is C20H22ClFN4O4. The predicted octanol–water partition coefficient (Wildman–Crippen LogP) is 3.49. The van der Waals surface area contributed by atoms with Gasteiger partial charge in [-0.1, -0.05) is 17.7 Å². The van der Waals surface area contributed by atoms with Crippen LogP contribution >= 0.6 is 11.6 Å². The maximum Gasteiger partial charge on any atom is 0.407 e. The van der Waals surface area contributed by atoms with Crippen LogP contribution in [0.15, 0.2) is 24.3 Å². The van der Waals surface area contributed by atoms with E-state index in [0.29, 0.717) is 25.3 Å². The Hall–Kier alpha value is -2.65. The van der Waals surface area contributed by atoms with E-state index in [4.69, 9.17) is 21.1 Å². The molecule has 1 aromatic carbocycles. The van der Waals surface area contributed by atoms with Crippen molar-refractivity contribution in [2.24, 2.45) is 0 Å². The van der Waals surface area contributed by atoms with Gasteiger partial charge in [0.15, 0.2) is 5.82 Å². The Kier molecular flexibility index (Phi) is 6.19. The number of alkyl carbamates (subject to hydrolysis) is 1. The van der Waals surface area contributed by atoms with E-state index < -0.39 is 18.0 Å². The SMILES string of the molecule is O=C(NCc1c(F)cccc1Cl)OC1CC(c2cc(NC(=O)[C@H]3CCCO3)n[nH]2)C1. The minimum absolute atomic E-state index is 0.0468. The van der Waals surface area contributed by atoms with Gasteiger partial charge in [0, 0.05) is 34.9 Å². The second-order valence-corrected chi connectivity index (χ2v) is 7.86. The van der Waals surface area contributed by atoms with Crippen molar-refractivity contribution in [2.75, 3.05) is 11.9 Å². The summed E-state index contributed by atoms with van der Waals surface area (Å²) in [6.45, 7) is 0.559. The van der Waals surface area contributed by atoms with E-state index in [2.05, 4.69) is 20.8 Å². The molecule has 0 radical (unpaired) electrons. The van der Waals surface area contributed by atoms with Gasteiger partial charge >= 0.3 is 6.09 Å². The Bertz CT molecular complexity index is 905. The summed E-state index contributed by atoms with van der Waals surface area (Å²) >= 11 is 5.94. The summed E-state index contributed by atoms with van der Waals surface area (Å²) in [5.41, 5.74) is 1.09. The Balaban J connectivity index is 1.20. The van der Waals surface area contributed by atoms with Crippen LogP contribution in [0.2, 0.25) is 5.02 Å². The molecule has 0 unspecified atom stereocenters. The molecule has 2 amide bonds. The molecule has 2 aromatic rings. The molecule has 30 heavy (non-hydrogen) atoms. The van der Waals surface area contributed by atoms with E-state index in [-0.39, 0.29) is 35.1 Å². The largest absolute Gasteiger partial charge is 0.446 e.